The van der Waals surface area contributed by atoms with Crippen LogP contribution in [0.2, 0.25) is 0 Å². The average molecular weight is 365 g/mol. The van der Waals surface area contributed by atoms with Gasteiger partial charge in [-0.2, -0.15) is 0 Å². The van der Waals surface area contributed by atoms with Crippen LogP contribution in [0.4, 0.5) is 17.2 Å². The molecule has 0 bridgehead atoms. The number of aromatic nitrogens is 1. The molecule has 0 saturated heterocycles. The van der Waals surface area contributed by atoms with Gasteiger partial charge in [-0.1, -0.05) is 30.3 Å². The van der Waals surface area contributed by atoms with Crippen LogP contribution in [0.3, 0.4) is 0 Å². The fourth-order valence-electron chi connectivity index (χ4n) is 3.19. The lowest BCUT2D eigenvalue weighted by atomic mass is 10.2. The molecule has 6 heteroatoms. The standard InChI is InChI=1S/C20H19N3O2S/c1-15-5-4-7-18(13-15)26(24,25)22-20-10-9-17(14-21-20)23-12-11-16-6-2-3-8-19(16)23/h2-10,13-14H,11-12H2,1H3,(H,21,22). The van der Waals surface area contributed by atoms with Gasteiger partial charge in [0.1, 0.15) is 5.82 Å². The maximum atomic E-state index is 12.5. The number of hydrogen-bond donors (Lipinski definition) is 1. The van der Waals surface area contributed by atoms with Crippen LogP contribution in [-0.2, 0) is 16.4 Å². The predicted octanol–water partition coefficient (Wildman–Crippen LogP) is 3.89. The second-order valence-electron chi connectivity index (χ2n) is 6.35. The van der Waals surface area contributed by atoms with Crippen LogP contribution < -0.4 is 9.62 Å². The van der Waals surface area contributed by atoms with E-state index in [9.17, 15) is 8.42 Å². The van der Waals surface area contributed by atoms with Crippen LogP contribution in [0.25, 0.3) is 0 Å². The second-order valence-corrected chi connectivity index (χ2v) is 8.04. The average Bonchev–Trinajstić information content (AvgIpc) is 3.06. The second kappa shape index (κ2) is 6.46. The summed E-state index contributed by atoms with van der Waals surface area (Å²) >= 11 is 0. The molecule has 0 fully saturated rings. The number of nitrogens with zero attached hydrogens (tertiary/aromatic N) is 2. The molecule has 0 radical (unpaired) electrons. The molecule has 4 rings (SSSR count). The number of rotatable bonds is 4. The summed E-state index contributed by atoms with van der Waals surface area (Å²) in [7, 11) is -3.64. The van der Waals surface area contributed by atoms with Gasteiger partial charge in [0.15, 0.2) is 0 Å². The third kappa shape index (κ3) is 3.15. The molecule has 5 nitrogen and oxygen atoms in total. The van der Waals surface area contributed by atoms with Gasteiger partial charge in [-0.15, -0.1) is 0 Å². The Morgan fingerprint density at radius 2 is 1.88 bits per heavy atom. The highest BCUT2D eigenvalue weighted by Crippen LogP contribution is 2.34. The quantitative estimate of drug-likeness (QED) is 0.762. The van der Waals surface area contributed by atoms with E-state index >= 15 is 0 Å². The molecule has 3 aromatic rings. The van der Waals surface area contributed by atoms with E-state index in [1.165, 1.54) is 11.3 Å². The third-order valence-corrected chi connectivity index (χ3v) is 5.84. The largest absolute Gasteiger partial charge is 0.340 e. The zero-order chi connectivity index (χ0) is 18.1. The van der Waals surface area contributed by atoms with Crippen LogP contribution in [0.5, 0.6) is 0 Å². The van der Waals surface area contributed by atoms with Crippen molar-refractivity contribution in [1.82, 2.24) is 4.98 Å². The van der Waals surface area contributed by atoms with Crippen molar-refractivity contribution in [3.05, 3.63) is 78.0 Å². The van der Waals surface area contributed by atoms with E-state index in [1.807, 2.05) is 31.2 Å². The zero-order valence-electron chi connectivity index (χ0n) is 14.4. The molecule has 132 valence electrons. The highest BCUT2D eigenvalue weighted by Gasteiger charge is 2.20. The molecular weight excluding hydrogens is 346 g/mol. The van der Waals surface area contributed by atoms with Crippen molar-refractivity contribution in [3.63, 3.8) is 0 Å². The third-order valence-electron chi connectivity index (χ3n) is 4.49. The molecule has 0 aliphatic carbocycles. The van der Waals surface area contributed by atoms with Crippen molar-refractivity contribution < 1.29 is 8.42 Å². The first-order valence-corrected chi connectivity index (χ1v) is 9.92. The summed E-state index contributed by atoms with van der Waals surface area (Å²) in [5, 5.41) is 0. The number of benzene rings is 2. The molecule has 0 atom stereocenters. The number of para-hydroxylation sites is 1. The number of anilines is 3. The lowest BCUT2D eigenvalue weighted by Gasteiger charge is -2.19. The van der Waals surface area contributed by atoms with Crippen molar-refractivity contribution in [2.75, 3.05) is 16.2 Å². The van der Waals surface area contributed by atoms with E-state index < -0.39 is 10.0 Å². The van der Waals surface area contributed by atoms with Gasteiger partial charge in [-0.05, 0) is 54.8 Å². The summed E-state index contributed by atoms with van der Waals surface area (Å²) in [5.41, 5.74) is 4.34. The van der Waals surface area contributed by atoms with Crippen molar-refractivity contribution in [2.45, 2.75) is 18.2 Å². The topological polar surface area (TPSA) is 62.3 Å². The van der Waals surface area contributed by atoms with Gasteiger partial charge in [-0.3, -0.25) is 4.72 Å². The number of aryl methyl sites for hydroxylation is 1. The van der Waals surface area contributed by atoms with Crippen molar-refractivity contribution in [1.29, 1.82) is 0 Å². The molecular formula is C20H19N3O2S. The van der Waals surface area contributed by atoms with E-state index in [0.29, 0.717) is 5.82 Å². The maximum absolute atomic E-state index is 12.5. The number of fused-ring (bicyclic) bond motifs is 1. The molecule has 1 aliphatic rings. The van der Waals surface area contributed by atoms with E-state index in [1.54, 1.807) is 30.5 Å². The summed E-state index contributed by atoms with van der Waals surface area (Å²) in [6.07, 6.45) is 2.70. The molecule has 26 heavy (non-hydrogen) atoms. The number of hydrogen-bond acceptors (Lipinski definition) is 4. The van der Waals surface area contributed by atoms with Gasteiger partial charge >= 0.3 is 0 Å². The monoisotopic (exact) mass is 365 g/mol. The molecule has 1 aliphatic heterocycles. The molecule has 0 spiro atoms. The van der Waals surface area contributed by atoms with Gasteiger partial charge in [0, 0.05) is 12.2 Å². The SMILES string of the molecule is Cc1cccc(S(=O)(=O)Nc2ccc(N3CCc4ccccc43)cn2)c1. The number of pyridine rings is 1. The Bertz CT molecular complexity index is 1050. The number of sulfonamides is 1. The Morgan fingerprint density at radius 1 is 1.04 bits per heavy atom. The number of nitrogens with one attached hydrogen (secondary N) is 1. The normalized spacial score (nSPS) is 13.5. The van der Waals surface area contributed by atoms with Crippen LogP contribution in [0.15, 0.2) is 71.8 Å². The van der Waals surface area contributed by atoms with Crippen LogP contribution in [0.1, 0.15) is 11.1 Å². The minimum absolute atomic E-state index is 0.233. The van der Waals surface area contributed by atoms with E-state index in [0.717, 1.165) is 24.2 Å². The summed E-state index contributed by atoms with van der Waals surface area (Å²) in [6.45, 7) is 2.76. The van der Waals surface area contributed by atoms with Gasteiger partial charge in [0.25, 0.3) is 10.0 Å². The first kappa shape index (κ1) is 16.6. The first-order valence-electron chi connectivity index (χ1n) is 8.44. The molecule has 0 saturated carbocycles. The Kier molecular flexibility index (Phi) is 4.12. The van der Waals surface area contributed by atoms with Gasteiger partial charge in [0.05, 0.1) is 16.8 Å². The Morgan fingerprint density at radius 3 is 2.65 bits per heavy atom. The zero-order valence-corrected chi connectivity index (χ0v) is 15.2. The summed E-state index contributed by atoms with van der Waals surface area (Å²) < 4.78 is 27.5. The van der Waals surface area contributed by atoms with Crippen molar-refractivity contribution in [2.24, 2.45) is 0 Å². The van der Waals surface area contributed by atoms with E-state index in [2.05, 4.69) is 26.7 Å². The Balaban J connectivity index is 1.56. The van der Waals surface area contributed by atoms with Crippen molar-refractivity contribution in [3.8, 4) is 0 Å². The van der Waals surface area contributed by atoms with Gasteiger partial charge < -0.3 is 4.90 Å². The predicted molar refractivity (Wildman–Crippen MR) is 103 cm³/mol. The lowest BCUT2D eigenvalue weighted by Crippen LogP contribution is -2.16. The lowest BCUT2D eigenvalue weighted by molar-refractivity contribution is 0.601. The molecule has 2 aromatic carbocycles. The minimum Gasteiger partial charge on any atom is -0.340 e. The molecule has 2 heterocycles. The van der Waals surface area contributed by atoms with E-state index in [4.69, 9.17) is 0 Å². The highest BCUT2D eigenvalue weighted by molar-refractivity contribution is 7.92. The molecule has 1 N–H and O–H groups in total. The maximum Gasteiger partial charge on any atom is 0.263 e. The smallest absolute Gasteiger partial charge is 0.263 e. The summed E-state index contributed by atoms with van der Waals surface area (Å²) in [5.74, 6) is 0.308. The highest BCUT2D eigenvalue weighted by atomic mass is 32.2. The fourth-order valence-corrected chi connectivity index (χ4v) is 4.30. The minimum atomic E-state index is -3.64. The molecule has 1 aromatic heterocycles. The summed E-state index contributed by atoms with van der Waals surface area (Å²) in [6, 6.07) is 18.7. The first-order chi connectivity index (χ1) is 12.5. The van der Waals surface area contributed by atoms with Gasteiger partial charge in [0.2, 0.25) is 0 Å². The summed E-state index contributed by atoms with van der Waals surface area (Å²) in [4.78, 5) is 6.73. The van der Waals surface area contributed by atoms with Crippen LogP contribution in [0, 0.1) is 6.92 Å². The van der Waals surface area contributed by atoms with Crippen LogP contribution in [-0.4, -0.2) is 19.9 Å². The van der Waals surface area contributed by atoms with E-state index in [-0.39, 0.29) is 4.90 Å². The molecule has 0 unspecified atom stereocenters. The fraction of sp³-hybridized carbons (Fsp3) is 0.150. The van der Waals surface area contributed by atoms with Crippen LogP contribution >= 0.6 is 0 Å². The van der Waals surface area contributed by atoms with Gasteiger partial charge in [-0.25, -0.2) is 13.4 Å². The Labute approximate surface area is 153 Å². The molecule has 0 amide bonds. The van der Waals surface area contributed by atoms with Crippen molar-refractivity contribution >= 4 is 27.2 Å². The Hall–Kier alpha value is -2.86.